The van der Waals surface area contributed by atoms with E-state index in [0.29, 0.717) is 16.9 Å². The summed E-state index contributed by atoms with van der Waals surface area (Å²) in [6, 6.07) is 8.52. The Morgan fingerprint density at radius 1 is 0.973 bits per heavy atom. The number of aromatic nitrogens is 2. The Hall–Kier alpha value is -4.94. The number of carbonyl (C=O) groups is 4. The Bertz CT molecular complexity index is 1370. The Balaban J connectivity index is 1.65. The van der Waals surface area contributed by atoms with Crippen molar-refractivity contribution in [3.8, 4) is 0 Å². The SMILES string of the molecule is COC(=O)C(C)NC(=O)Cc1cccc(NC(=O)c2cc(NC(=O)c3cc([N+](=O)[O-])cn3C)cn2C)c1. The number of ether oxygens (including phenoxy) is 1. The van der Waals surface area contributed by atoms with E-state index in [1.807, 2.05) is 0 Å². The van der Waals surface area contributed by atoms with E-state index in [-0.39, 0.29) is 29.4 Å². The molecule has 2 aromatic heterocycles. The molecule has 1 atom stereocenters. The minimum atomic E-state index is -0.788. The second kappa shape index (κ2) is 11.2. The predicted molar refractivity (Wildman–Crippen MR) is 133 cm³/mol. The first kappa shape index (κ1) is 26.7. The number of benzene rings is 1. The third-order valence-corrected chi connectivity index (χ3v) is 5.41. The van der Waals surface area contributed by atoms with Crippen molar-refractivity contribution in [2.24, 2.45) is 14.1 Å². The monoisotopic (exact) mass is 510 g/mol. The molecule has 1 unspecified atom stereocenters. The molecule has 0 aliphatic heterocycles. The number of carbonyl (C=O) groups excluding carboxylic acids is 4. The van der Waals surface area contributed by atoms with Crippen molar-refractivity contribution in [1.29, 1.82) is 0 Å². The van der Waals surface area contributed by atoms with Crippen molar-refractivity contribution < 1.29 is 28.8 Å². The highest BCUT2D eigenvalue weighted by molar-refractivity contribution is 6.07. The molecule has 3 aromatic rings. The summed E-state index contributed by atoms with van der Waals surface area (Å²) in [4.78, 5) is 59.5. The lowest BCUT2D eigenvalue weighted by Gasteiger charge is -2.12. The Labute approximate surface area is 211 Å². The van der Waals surface area contributed by atoms with Crippen molar-refractivity contribution in [2.75, 3.05) is 17.7 Å². The highest BCUT2D eigenvalue weighted by atomic mass is 16.6. The molecule has 37 heavy (non-hydrogen) atoms. The van der Waals surface area contributed by atoms with Gasteiger partial charge in [-0.25, -0.2) is 4.79 Å². The van der Waals surface area contributed by atoms with Crippen molar-refractivity contribution in [3.05, 3.63) is 75.9 Å². The van der Waals surface area contributed by atoms with Gasteiger partial charge in [0.1, 0.15) is 17.4 Å². The van der Waals surface area contributed by atoms with E-state index in [4.69, 9.17) is 0 Å². The minimum Gasteiger partial charge on any atom is -0.467 e. The molecular formula is C24H26N6O7. The van der Waals surface area contributed by atoms with E-state index in [9.17, 15) is 29.3 Å². The summed E-state index contributed by atoms with van der Waals surface area (Å²) in [7, 11) is 4.38. The third-order valence-electron chi connectivity index (χ3n) is 5.41. The molecule has 0 aliphatic carbocycles. The second-order valence-electron chi connectivity index (χ2n) is 8.27. The Morgan fingerprint density at radius 3 is 2.22 bits per heavy atom. The minimum absolute atomic E-state index is 0.0112. The number of hydrogen-bond donors (Lipinski definition) is 3. The maximum absolute atomic E-state index is 12.9. The summed E-state index contributed by atoms with van der Waals surface area (Å²) in [5.41, 5.74) is 1.50. The van der Waals surface area contributed by atoms with E-state index >= 15 is 0 Å². The van der Waals surface area contributed by atoms with Gasteiger partial charge in [0.05, 0.1) is 30.3 Å². The van der Waals surface area contributed by atoms with Gasteiger partial charge < -0.3 is 29.8 Å². The molecule has 194 valence electrons. The number of amides is 3. The largest absolute Gasteiger partial charge is 0.467 e. The van der Waals surface area contributed by atoms with Crippen LogP contribution in [-0.2, 0) is 34.8 Å². The van der Waals surface area contributed by atoms with E-state index in [1.54, 1.807) is 31.3 Å². The first-order valence-corrected chi connectivity index (χ1v) is 11.0. The first-order valence-electron chi connectivity index (χ1n) is 11.0. The predicted octanol–water partition coefficient (Wildman–Crippen LogP) is 2.00. The van der Waals surface area contributed by atoms with Crippen LogP contribution in [0.1, 0.15) is 33.5 Å². The smallest absolute Gasteiger partial charge is 0.328 e. The molecule has 2 heterocycles. The molecule has 0 bridgehead atoms. The molecular weight excluding hydrogens is 484 g/mol. The number of anilines is 2. The van der Waals surface area contributed by atoms with Crippen LogP contribution in [0.2, 0.25) is 0 Å². The lowest BCUT2D eigenvalue weighted by Crippen LogP contribution is -2.39. The maximum atomic E-state index is 12.9. The molecule has 0 saturated heterocycles. The third kappa shape index (κ3) is 6.60. The number of aryl methyl sites for hydroxylation is 2. The number of hydrogen-bond acceptors (Lipinski definition) is 7. The van der Waals surface area contributed by atoms with Gasteiger partial charge >= 0.3 is 5.97 Å². The van der Waals surface area contributed by atoms with E-state index < -0.39 is 28.7 Å². The molecule has 0 aliphatic rings. The highest BCUT2D eigenvalue weighted by Gasteiger charge is 2.20. The van der Waals surface area contributed by atoms with Crippen LogP contribution in [0.15, 0.2) is 48.8 Å². The van der Waals surface area contributed by atoms with Crippen LogP contribution in [0.4, 0.5) is 17.1 Å². The van der Waals surface area contributed by atoms with E-state index in [2.05, 4.69) is 20.7 Å². The molecule has 3 rings (SSSR count). The van der Waals surface area contributed by atoms with Gasteiger partial charge in [0, 0.05) is 32.0 Å². The summed E-state index contributed by atoms with van der Waals surface area (Å²) in [5.74, 6) is -1.97. The summed E-state index contributed by atoms with van der Waals surface area (Å²) in [6.45, 7) is 1.51. The van der Waals surface area contributed by atoms with Crippen LogP contribution in [0, 0.1) is 10.1 Å². The fraction of sp³-hybridized carbons (Fsp3) is 0.250. The first-order chi connectivity index (χ1) is 17.5. The maximum Gasteiger partial charge on any atom is 0.328 e. The van der Waals surface area contributed by atoms with Gasteiger partial charge in [-0.1, -0.05) is 12.1 Å². The number of methoxy groups -OCH3 is 1. The van der Waals surface area contributed by atoms with Gasteiger partial charge in [-0.3, -0.25) is 24.5 Å². The van der Waals surface area contributed by atoms with Gasteiger partial charge in [0.2, 0.25) is 5.91 Å². The topological polar surface area (TPSA) is 167 Å². The van der Waals surface area contributed by atoms with Gasteiger partial charge in [-0.15, -0.1) is 0 Å². The molecule has 0 radical (unpaired) electrons. The van der Waals surface area contributed by atoms with Crippen molar-refractivity contribution >= 4 is 40.8 Å². The van der Waals surface area contributed by atoms with Crippen LogP contribution in [-0.4, -0.2) is 50.9 Å². The normalized spacial score (nSPS) is 11.4. The summed E-state index contributed by atoms with van der Waals surface area (Å²) >= 11 is 0. The molecule has 0 fully saturated rings. The van der Waals surface area contributed by atoms with Crippen molar-refractivity contribution in [3.63, 3.8) is 0 Å². The molecule has 0 saturated carbocycles. The highest BCUT2D eigenvalue weighted by Crippen LogP contribution is 2.20. The van der Waals surface area contributed by atoms with Gasteiger partial charge in [-0.05, 0) is 30.7 Å². The summed E-state index contributed by atoms with van der Waals surface area (Å²) < 4.78 is 7.44. The van der Waals surface area contributed by atoms with Crippen LogP contribution < -0.4 is 16.0 Å². The van der Waals surface area contributed by atoms with Gasteiger partial charge in [0.15, 0.2) is 0 Å². The molecule has 0 spiro atoms. The van der Waals surface area contributed by atoms with Gasteiger partial charge in [-0.2, -0.15) is 0 Å². The van der Waals surface area contributed by atoms with E-state index in [0.717, 1.165) is 6.07 Å². The van der Waals surface area contributed by atoms with Crippen LogP contribution >= 0.6 is 0 Å². The Morgan fingerprint density at radius 2 is 1.59 bits per heavy atom. The number of nitro groups is 1. The number of esters is 1. The molecule has 13 nitrogen and oxygen atoms in total. The van der Waals surface area contributed by atoms with Gasteiger partial charge in [0.25, 0.3) is 17.5 Å². The van der Waals surface area contributed by atoms with Crippen molar-refractivity contribution in [1.82, 2.24) is 14.5 Å². The average Bonchev–Trinajstić information content (AvgIpc) is 3.40. The molecule has 13 heteroatoms. The number of nitrogens with zero attached hydrogens (tertiary/aromatic N) is 3. The zero-order chi connectivity index (χ0) is 27.3. The fourth-order valence-electron chi connectivity index (χ4n) is 3.59. The Kier molecular flexibility index (Phi) is 8.07. The molecule has 3 N–H and O–H groups in total. The van der Waals surface area contributed by atoms with Crippen LogP contribution in [0.25, 0.3) is 0 Å². The lowest BCUT2D eigenvalue weighted by molar-refractivity contribution is -0.384. The molecule has 1 aromatic carbocycles. The zero-order valence-corrected chi connectivity index (χ0v) is 20.6. The number of nitrogens with one attached hydrogen (secondary N) is 3. The second-order valence-corrected chi connectivity index (χ2v) is 8.27. The zero-order valence-electron chi connectivity index (χ0n) is 20.6. The van der Waals surface area contributed by atoms with Crippen LogP contribution in [0.5, 0.6) is 0 Å². The number of rotatable bonds is 9. The quantitative estimate of drug-likeness (QED) is 0.225. The lowest BCUT2D eigenvalue weighted by atomic mass is 10.1. The van der Waals surface area contributed by atoms with E-state index in [1.165, 1.54) is 48.7 Å². The van der Waals surface area contributed by atoms with Crippen LogP contribution in [0.3, 0.4) is 0 Å². The molecule has 3 amide bonds. The average molecular weight is 511 g/mol. The van der Waals surface area contributed by atoms with Crippen molar-refractivity contribution in [2.45, 2.75) is 19.4 Å². The fourth-order valence-corrected chi connectivity index (χ4v) is 3.59. The summed E-state index contributed by atoms with van der Waals surface area (Å²) in [5, 5.41) is 18.9. The summed E-state index contributed by atoms with van der Waals surface area (Å²) in [6.07, 6.45) is 2.76. The standard InChI is InChI=1S/C24H26N6O7/c1-14(24(34)37-4)25-21(31)9-15-6-5-7-16(8-15)26-22(32)19-10-17(12-28(19)2)27-23(33)20-11-18(30(35)36)13-29(20)3/h5-8,10-14H,9H2,1-4H3,(H,25,31)(H,26,32)(H,27,33).